The topological polar surface area (TPSA) is 0 Å². The number of hydrogen-bond donors (Lipinski definition) is 0. The molecule has 0 saturated carbocycles. The highest BCUT2D eigenvalue weighted by Crippen LogP contribution is 1.82. The maximum absolute atomic E-state index is 2.26. The molecule has 1 aromatic rings. The Kier molecular flexibility index (Phi) is 4.59. The summed E-state index contributed by atoms with van der Waals surface area (Å²) in [7, 11) is 0. The molecular formula is C10H14I+. The van der Waals surface area contributed by atoms with E-state index in [9.17, 15) is 0 Å². The predicted molar refractivity (Wildman–Crippen MR) is 44.9 cm³/mol. The Morgan fingerprint density at radius 1 is 1.18 bits per heavy atom. The Balaban J connectivity index is 2.28. The number of unbranched alkanes of at least 4 members (excludes halogenated alkanes) is 1. The first-order chi connectivity index (χ1) is 5.43. The molecule has 0 aliphatic rings. The van der Waals surface area contributed by atoms with Gasteiger partial charge in [-0.1, -0.05) is 31.5 Å². The molecule has 0 saturated heterocycles. The SMILES string of the molecule is CCCC[I+]c1ccccc1. The Hall–Kier alpha value is -0.0500. The van der Waals surface area contributed by atoms with Gasteiger partial charge in [-0.15, -0.1) is 0 Å². The smallest absolute Gasteiger partial charge is 0.0652 e. The van der Waals surface area contributed by atoms with Crippen LogP contribution in [0.3, 0.4) is 0 Å². The van der Waals surface area contributed by atoms with Gasteiger partial charge >= 0.3 is 21.2 Å². The van der Waals surface area contributed by atoms with Gasteiger partial charge in [0.2, 0.25) is 0 Å². The molecule has 0 heterocycles. The zero-order chi connectivity index (χ0) is 7.94. The third kappa shape index (κ3) is 3.75. The molecule has 0 bridgehead atoms. The maximum Gasteiger partial charge on any atom is 0.313 e. The number of hydrogen-bond acceptors (Lipinski definition) is 0. The molecule has 11 heavy (non-hydrogen) atoms. The Labute approximate surface area is 79.3 Å². The lowest BCUT2D eigenvalue weighted by Crippen LogP contribution is -3.62. The van der Waals surface area contributed by atoms with Crippen LogP contribution < -0.4 is 21.2 Å². The zero-order valence-corrected chi connectivity index (χ0v) is 9.04. The molecule has 0 radical (unpaired) electrons. The average Bonchev–Trinajstić information content (AvgIpc) is 2.07. The molecular weight excluding hydrogens is 247 g/mol. The van der Waals surface area contributed by atoms with Crippen LogP contribution in [0.2, 0.25) is 0 Å². The Morgan fingerprint density at radius 2 is 1.91 bits per heavy atom. The summed E-state index contributed by atoms with van der Waals surface area (Å²) in [5.41, 5.74) is 0. The van der Waals surface area contributed by atoms with Crippen molar-refractivity contribution in [2.24, 2.45) is 0 Å². The first kappa shape index (κ1) is 9.04. The highest BCUT2D eigenvalue weighted by molar-refractivity contribution is 4.98. The van der Waals surface area contributed by atoms with Crippen molar-refractivity contribution in [3.63, 3.8) is 0 Å². The van der Waals surface area contributed by atoms with Crippen molar-refractivity contribution >= 4 is 0 Å². The van der Waals surface area contributed by atoms with Crippen LogP contribution in [0.4, 0.5) is 0 Å². The lowest BCUT2D eigenvalue weighted by molar-refractivity contribution is -0.627. The van der Waals surface area contributed by atoms with Gasteiger partial charge in [0.1, 0.15) is 4.43 Å². The highest BCUT2D eigenvalue weighted by atomic mass is 127. The van der Waals surface area contributed by atoms with Crippen LogP contribution in [-0.4, -0.2) is 4.43 Å². The van der Waals surface area contributed by atoms with Gasteiger partial charge in [-0.3, -0.25) is 0 Å². The second-order valence-corrected chi connectivity index (χ2v) is 5.56. The van der Waals surface area contributed by atoms with E-state index in [2.05, 4.69) is 37.3 Å². The summed E-state index contributed by atoms with van der Waals surface area (Å²) in [6.45, 7) is 2.26. The largest absolute Gasteiger partial charge is 0.313 e. The Bertz CT molecular complexity index is 181. The third-order valence-corrected chi connectivity index (χ3v) is 4.37. The summed E-state index contributed by atoms with van der Waals surface area (Å²) < 4.78 is 3.03. The molecule has 0 unspecified atom stereocenters. The molecule has 0 atom stereocenters. The van der Waals surface area contributed by atoms with E-state index in [-0.39, 0.29) is 0 Å². The Morgan fingerprint density at radius 3 is 2.55 bits per heavy atom. The summed E-state index contributed by atoms with van der Waals surface area (Å²) in [4.78, 5) is 0. The predicted octanol–water partition coefficient (Wildman–Crippen LogP) is -0.255. The van der Waals surface area contributed by atoms with Crippen molar-refractivity contribution in [2.45, 2.75) is 19.8 Å². The van der Waals surface area contributed by atoms with Gasteiger partial charge in [-0.2, -0.15) is 0 Å². The second kappa shape index (κ2) is 5.58. The lowest BCUT2D eigenvalue weighted by atomic mass is 10.4. The molecule has 0 aliphatic carbocycles. The van der Waals surface area contributed by atoms with E-state index in [1.807, 2.05) is 0 Å². The van der Waals surface area contributed by atoms with E-state index in [0.717, 1.165) is 0 Å². The van der Waals surface area contributed by atoms with E-state index in [4.69, 9.17) is 0 Å². The number of halogens is 1. The second-order valence-electron chi connectivity index (χ2n) is 2.47. The van der Waals surface area contributed by atoms with Crippen LogP contribution in [0.1, 0.15) is 19.8 Å². The van der Waals surface area contributed by atoms with E-state index < -0.39 is 0 Å². The highest BCUT2D eigenvalue weighted by Gasteiger charge is 2.07. The summed E-state index contributed by atoms with van der Waals surface area (Å²) in [6, 6.07) is 10.9. The van der Waals surface area contributed by atoms with Crippen molar-refractivity contribution in [1.82, 2.24) is 0 Å². The molecule has 0 spiro atoms. The van der Waals surface area contributed by atoms with Crippen LogP contribution in [0, 0.1) is 3.57 Å². The van der Waals surface area contributed by atoms with Crippen LogP contribution in [-0.2, 0) is 0 Å². The standard InChI is InChI=1S/C10H14I/c1-2-3-9-11-10-7-5-4-6-8-10/h4-8H,2-3,9H2,1H3/q+1. The maximum atomic E-state index is 2.26. The minimum atomic E-state index is 0.320. The molecule has 0 nitrogen and oxygen atoms in total. The van der Waals surface area contributed by atoms with Crippen molar-refractivity contribution in [2.75, 3.05) is 4.43 Å². The molecule has 0 aromatic heterocycles. The fraction of sp³-hybridized carbons (Fsp3) is 0.400. The van der Waals surface area contributed by atoms with Crippen LogP contribution in [0.5, 0.6) is 0 Å². The first-order valence-electron chi connectivity index (χ1n) is 4.07. The zero-order valence-electron chi connectivity index (χ0n) is 6.89. The molecule has 0 fully saturated rings. The molecule has 1 heteroatoms. The van der Waals surface area contributed by atoms with Gasteiger partial charge < -0.3 is 0 Å². The molecule has 0 N–H and O–H groups in total. The van der Waals surface area contributed by atoms with Crippen LogP contribution in [0.15, 0.2) is 30.3 Å². The molecule has 0 aliphatic heterocycles. The van der Waals surface area contributed by atoms with Gasteiger partial charge in [0.25, 0.3) is 0 Å². The first-order valence-corrected chi connectivity index (χ1v) is 6.68. The fourth-order valence-corrected chi connectivity index (χ4v) is 3.50. The molecule has 0 amide bonds. The molecule has 1 aromatic carbocycles. The van der Waals surface area contributed by atoms with Gasteiger partial charge in [0, 0.05) is 0 Å². The summed E-state index contributed by atoms with van der Waals surface area (Å²) in [5.74, 6) is 0. The van der Waals surface area contributed by atoms with E-state index >= 15 is 0 Å². The monoisotopic (exact) mass is 261 g/mol. The minimum absolute atomic E-state index is 0.320. The molecule has 60 valence electrons. The van der Waals surface area contributed by atoms with Gasteiger partial charge in [-0.25, -0.2) is 0 Å². The van der Waals surface area contributed by atoms with E-state index in [1.165, 1.54) is 17.3 Å². The fourth-order valence-electron chi connectivity index (χ4n) is 0.813. The minimum Gasteiger partial charge on any atom is -0.0652 e. The van der Waals surface area contributed by atoms with E-state index in [1.54, 1.807) is 3.57 Å². The van der Waals surface area contributed by atoms with Gasteiger partial charge in [0.15, 0.2) is 3.57 Å². The van der Waals surface area contributed by atoms with Crippen molar-refractivity contribution in [1.29, 1.82) is 0 Å². The van der Waals surface area contributed by atoms with Crippen molar-refractivity contribution in [3.8, 4) is 0 Å². The number of benzene rings is 1. The van der Waals surface area contributed by atoms with Gasteiger partial charge in [-0.05, 0) is 18.6 Å². The summed E-state index contributed by atoms with van der Waals surface area (Å²) >= 11 is 0.320. The molecule has 1 rings (SSSR count). The normalized spacial score (nSPS) is 9.91. The van der Waals surface area contributed by atoms with Crippen molar-refractivity contribution in [3.05, 3.63) is 33.9 Å². The lowest BCUT2D eigenvalue weighted by Gasteiger charge is -1.83. The summed E-state index contributed by atoms with van der Waals surface area (Å²) in [6.07, 6.45) is 2.74. The van der Waals surface area contributed by atoms with Crippen LogP contribution >= 0.6 is 0 Å². The quantitative estimate of drug-likeness (QED) is 0.398. The summed E-state index contributed by atoms with van der Waals surface area (Å²) in [5, 5.41) is 0. The van der Waals surface area contributed by atoms with Crippen molar-refractivity contribution < 1.29 is 21.2 Å². The van der Waals surface area contributed by atoms with Gasteiger partial charge in [0.05, 0.1) is 0 Å². The third-order valence-electron chi connectivity index (χ3n) is 1.47. The average molecular weight is 261 g/mol. The van der Waals surface area contributed by atoms with Crippen LogP contribution in [0.25, 0.3) is 0 Å². The number of rotatable bonds is 4. The number of alkyl halides is 1. The van der Waals surface area contributed by atoms with E-state index in [0.29, 0.717) is 21.2 Å².